The summed E-state index contributed by atoms with van der Waals surface area (Å²) < 4.78 is 25.7. The first kappa shape index (κ1) is 28.0. The zero-order chi connectivity index (χ0) is 27.6. The van der Waals surface area contributed by atoms with Gasteiger partial charge < -0.3 is 18.8 Å². The average Bonchev–Trinajstić information content (AvgIpc) is 3.37. The van der Waals surface area contributed by atoms with Crippen molar-refractivity contribution in [1.29, 1.82) is 0 Å². The molecule has 0 atom stereocenters. The van der Waals surface area contributed by atoms with Gasteiger partial charge in [0.25, 0.3) is 0 Å². The Balaban J connectivity index is 1.44. The van der Waals surface area contributed by atoms with E-state index in [0.29, 0.717) is 5.92 Å². The predicted molar refractivity (Wildman–Crippen MR) is 141 cm³/mol. The van der Waals surface area contributed by atoms with Crippen LogP contribution in [0.4, 0.5) is 9.59 Å². The number of carbonyl (C=O) groups excluding carboxylic acids is 2. The van der Waals surface area contributed by atoms with Crippen LogP contribution in [-0.4, -0.2) is 62.9 Å². The molecule has 0 spiro atoms. The zero-order valence-corrected chi connectivity index (χ0v) is 24.2. The maximum atomic E-state index is 12.9. The normalized spacial score (nSPS) is 25.0. The molecule has 0 radical (unpaired) electrons. The van der Waals surface area contributed by atoms with Gasteiger partial charge in [0.1, 0.15) is 11.2 Å². The van der Waals surface area contributed by atoms with Gasteiger partial charge in [0.05, 0.1) is 22.9 Å². The Hall–Kier alpha value is -2.07. The van der Waals surface area contributed by atoms with Crippen LogP contribution < -0.4 is 5.46 Å². The summed E-state index contributed by atoms with van der Waals surface area (Å²) in [5.41, 5.74) is -0.140. The summed E-state index contributed by atoms with van der Waals surface area (Å²) in [6, 6.07) is 0.192. The highest BCUT2D eigenvalue weighted by molar-refractivity contribution is 6.62. The van der Waals surface area contributed by atoms with Crippen molar-refractivity contribution in [3.8, 4) is 0 Å². The highest BCUT2D eigenvalue weighted by Gasteiger charge is 2.53. The zero-order valence-electron chi connectivity index (χ0n) is 24.2. The van der Waals surface area contributed by atoms with Gasteiger partial charge >= 0.3 is 19.3 Å². The lowest BCUT2D eigenvalue weighted by Crippen LogP contribution is -2.47. The molecule has 10 heteroatoms. The maximum absolute atomic E-state index is 12.9. The molecular formula is C27H44BN3O6. The molecule has 37 heavy (non-hydrogen) atoms. The van der Waals surface area contributed by atoms with Crippen molar-refractivity contribution in [2.24, 2.45) is 5.92 Å². The monoisotopic (exact) mass is 517 g/mol. The highest BCUT2D eigenvalue weighted by Crippen LogP contribution is 2.43. The van der Waals surface area contributed by atoms with E-state index in [9.17, 15) is 9.59 Å². The minimum absolute atomic E-state index is 0.138. The van der Waals surface area contributed by atoms with E-state index < -0.39 is 41.7 Å². The Morgan fingerprint density at radius 1 is 1.00 bits per heavy atom. The van der Waals surface area contributed by atoms with Crippen LogP contribution in [0.3, 0.4) is 0 Å². The highest BCUT2D eigenvalue weighted by atomic mass is 16.7. The average molecular weight is 517 g/mol. The third-order valence-corrected chi connectivity index (χ3v) is 7.52. The van der Waals surface area contributed by atoms with Crippen molar-refractivity contribution in [2.75, 3.05) is 6.54 Å². The summed E-state index contributed by atoms with van der Waals surface area (Å²) in [6.07, 6.45) is 4.60. The van der Waals surface area contributed by atoms with Crippen LogP contribution in [0.2, 0.25) is 0 Å². The van der Waals surface area contributed by atoms with Gasteiger partial charge in [-0.05, 0) is 101 Å². The molecule has 2 heterocycles. The quantitative estimate of drug-likeness (QED) is 0.497. The Morgan fingerprint density at radius 2 is 1.49 bits per heavy atom. The van der Waals surface area contributed by atoms with Crippen LogP contribution in [0, 0.1) is 5.92 Å². The second-order valence-electron chi connectivity index (χ2n) is 13.9. The number of imide groups is 1. The van der Waals surface area contributed by atoms with E-state index in [4.69, 9.17) is 23.9 Å². The van der Waals surface area contributed by atoms with Crippen molar-refractivity contribution in [2.45, 2.75) is 129 Å². The Morgan fingerprint density at radius 3 is 1.92 bits per heavy atom. The maximum Gasteiger partial charge on any atom is 0.498 e. The van der Waals surface area contributed by atoms with Crippen molar-refractivity contribution < 1.29 is 28.4 Å². The smallest absolute Gasteiger partial charge is 0.443 e. The van der Waals surface area contributed by atoms with Crippen molar-refractivity contribution in [3.63, 3.8) is 0 Å². The van der Waals surface area contributed by atoms with Crippen LogP contribution in [0.25, 0.3) is 0 Å². The van der Waals surface area contributed by atoms with E-state index >= 15 is 0 Å². The molecule has 3 aliphatic rings. The molecule has 1 aromatic rings. The second kappa shape index (κ2) is 9.29. The fourth-order valence-corrected chi connectivity index (χ4v) is 4.61. The van der Waals surface area contributed by atoms with E-state index in [1.165, 1.54) is 0 Å². The Kier molecular flexibility index (Phi) is 7.02. The van der Waals surface area contributed by atoms with Crippen LogP contribution in [0.15, 0.2) is 6.20 Å². The molecule has 3 fully saturated rings. The number of carbonyl (C=O) groups is 2. The number of rotatable bonds is 5. The summed E-state index contributed by atoms with van der Waals surface area (Å²) in [7, 11) is -0.431. The molecule has 0 N–H and O–H groups in total. The van der Waals surface area contributed by atoms with Gasteiger partial charge in [0.15, 0.2) is 0 Å². The van der Waals surface area contributed by atoms with Gasteiger partial charge in [-0.15, -0.1) is 0 Å². The first-order valence-corrected chi connectivity index (χ1v) is 13.5. The molecule has 1 saturated heterocycles. The lowest BCUT2D eigenvalue weighted by Gasteiger charge is -2.38. The van der Waals surface area contributed by atoms with Gasteiger partial charge in [0, 0.05) is 24.1 Å². The summed E-state index contributed by atoms with van der Waals surface area (Å²) >= 11 is 0. The van der Waals surface area contributed by atoms with Crippen LogP contribution in [0.5, 0.6) is 0 Å². The lowest BCUT2D eigenvalue weighted by atomic mass is 9.77. The van der Waals surface area contributed by atoms with Gasteiger partial charge in [-0.2, -0.15) is 5.10 Å². The summed E-state index contributed by atoms with van der Waals surface area (Å²) in [6.45, 7) is 19.2. The fraction of sp³-hybridized carbons (Fsp3) is 0.815. The number of ether oxygens (including phenoxy) is 2. The number of aromatic nitrogens is 2. The van der Waals surface area contributed by atoms with Crippen molar-refractivity contribution in [1.82, 2.24) is 14.7 Å². The molecule has 206 valence electrons. The molecule has 2 amide bonds. The third-order valence-electron chi connectivity index (χ3n) is 7.52. The topological polar surface area (TPSA) is 92.1 Å². The van der Waals surface area contributed by atoms with Gasteiger partial charge in [-0.25, -0.2) is 14.5 Å². The molecule has 0 bridgehead atoms. The van der Waals surface area contributed by atoms with Gasteiger partial charge in [-0.1, -0.05) is 0 Å². The number of hydrogen-bond donors (Lipinski definition) is 0. The molecular weight excluding hydrogens is 473 g/mol. The molecule has 0 unspecified atom stereocenters. The molecule has 2 saturated carbocycles. The van der Waals surface area contributed by atoms with E-state index in [0.717, 1.165) is 41.7 Å². The Labute approximate surface area is 221 Å². The minimum Gasteiger partial charge on any atom is -0.443 e. The summed E-state index contributed by atoms with van der Waals surface area (Å²) in [4.78, 5) is 26.8. The SMILES string of the molecule is CC(C)(C)OC(=O)N(C[C@H]1C[C@H](n2cc(B3OC(C)(C)C(C)(C)O3)c(C3CC3)n2)C1)C(=O)OC(C)(C)C. The summed E-state index contributed by atoms with van der Waals surface area (Å²) in [5.74, 6) is 0.597. The van der Waals surface area contributed by atoms with E-state index in [1.54, 1.807) is 41.5 Å². The number of nitrogens with zero attached hydrogens (tertiary/aromatic N) is 3. The summed E-state index contributed by atoms with van der Waals surface area (Å²) in [5, 5.41) is 4.97. The largest absolute Gasteiger partial charge is 0.498 e. The lowest BCUT2D eigenvalue weighted by molar-refractivity contribution is -0.00642. The first-order valence-electron chi connectivity index (χ1n) is 13.5. The Bertz CT molecular complexity index is 984. The number of amides is 2. The van der Waals surface area contributed by atoms with Crippen LogP contribution in [0.1, 0.15) is 113 Å². The molecule has 0 aromatic carbocycles. The molecule has 1 aliphatic heterocycles. The van der Waals surface area contributed by atoms with E-state index in [-0.39, 0.29) is 18.5 Å². The first-order chi connectivity index (χ1) is 16.9. The molecule has 9 nitrogen and oxygen atoms in total. The minimum atomic E-state index is -0.711. The van der Waals surface area contributed by atoms with Crippen LogP contribution >= 0.6 is 0 Å². The van der Waals surface area contributed by atoms with E-state index in [2.05, 4.69) is 33.9 Å². The van der Waals surface area contributed by atoms with Crippen molar-refractivity contribution >= 4 is 24.8 Å². The third kappa shape index (κ3) is 6.33. The standard InChI is InChI=1S/C27H44BN3O6/c1-24(2,3)34-22(32)30(23(33)35-25(4,5)6)15-17-13-19(14-17)31-16-20(21(29-31)18-11-12-18)28-36-26(7,8)27(9,10)37-28/h16-19H,11-15H2,1-10H3/t17-,19-. The fourth-order valence-electron chi connectivity index (χ4n) is 4.61. The second-order valence-corrected chi connectivity index (χ2v) is 13.9. The van der Waals surface area contributed by atoms with Gasteiger partial charge in [0.2, 0.25) is 0 Å². The predicted octanol–water partition coefficient (Wildman–Crippen LogP) is 5.18. The molecule has 4 rings (SSSR count). The number of hydrogen-bond acceptors (Lipinski definition) is 7. The van der Waals surface area contributed by atoms with Crippen LogP contribution in [-0.2, 0) is 18.8 Å². The van der Waals surface area contributed by atoms with E-state index in [1.807, 2.05) is 4.68 Å². The molecule has 2 aliphatic carbocycles. The van der Waals surface area contributed by atoms with Gasteiger partial charge in [-0.3, -0.25) is 4.68 Å². The molecule has 1 aromatic heterocycles. The van der Waals surface area contributed by atoms with Crippen molar-refractivity contribution in [3.05, 3.63) is 11.9 Å².